The Bertz CT molecular complexity index is 713. The maximum Gasteiger partial charge on any atom is 0.257 e. The summed E-state index contributed by atoms with van der Waals surface area (Å²) in [6.45, 7) is 1.92. The number of aromatic nitrogens is 2. The van der Waals surface area contributed by atoms with Crippen LogP contribution < -0.4 is 4.72 Å². The minimum atomic E-state index is -3.57. The first-order valence-electron chi connectivity index (χ1n) is 5.84. The summed E-state index contributed by atoms with van der Waals surface area (Å²) in [4.78, 5) is 6.54. The van der Waals surface area contributed by atoms with Gasteiger partial charge in [0.1, 0.15) is 5.82 Å². The van der Waals surface area contributed by atoms with E-state index in [1.54, 1.807) is 25.1 Å². The van der Waals surface area contributed by atoms with Gasteiger partial charge in [0.25, 0.3) is 10.0 Å². The van der Waals surface area contributed by atoms with E-state index in [-0.39, 0.29) is 11.6 Å². The molecule has 108 valence electrons. The quantitative estimate of drug-likeness (QED) is 0.882. The molecule has 0 fully saturated rings. The van der Waals surface area contributed by atoms with Crippen molar-refractivity contribution in [2.24, 2.45) is 0 Å². The van der Waals surface area contributed by atoms with Crippen molar-refractivity contribution < 1.29 is 8.42 Å². The molecule has 0 saturated heterocycles. The number of nitrogens with one attached hydrogen (secondary N) is 2. The van der Waals surface area contributed by atoms with Crippen LogP contribution in [0.25, 0.3) is 0 Å². The van der Waals surface area contributed by atoms with Crippen LogP contribution in [-0.2, 0) is 16.4 Å². The molecule has 0 aliphatic carbocycles. The van der Waals surface area contributed by atoms with Crippen molar-refractivity contribution in [1.29, 1.82) is 0 Å². The maximum atomic E-state index is 11.9. The molecular formula is C12H13Cl2N3O2S. The molecule has 5 nitrogen and oxygen atoms in total. The minimum absolute atomic E-state index is 0.0530. The Kier molecular flexibility index (Phi) is 4.70. The lowest BCUT2D eigenvalue weighted by Crippen LogP contribution is -2.26. The molecule has 0 radical (unpaired) electrons. The zero-order chi connectivity index (χ0) is 14.8. The van der Waals surface area contributed by atoms with Crippen molar-refractivity contribution in [1.82, 2.24) is 14.7 Å². The number of aryl methyl sites for hydroxylation is 1. The number of hydrogen-bond acceptors (Lipinski definition) is 3. The highest BCUT2D eigenvalue weighted by molar-refractivity contribution is 7.89. The highest BCUT2D eigenvalue weighted by atomic mass is 35.5. The Labute approximate surface area is 127 Å². The van der Waals surface area contributed by atoms with Crippen LogP contribution in [0.1, 0.15) is 11.4 Å². The van der Waals surface area contributed by atoms with Crippen LogP contribution in [0.4, 0.5) is 0 Å². The Morgan fingerprint density at radius 2 is 2.10 bits per heavy atom. The van der Waals surface area contributed by atoms with Crippen LogP contribution in [0.5, 0.6) is 0 Å². The second-order valence-electron chi connectivity index (χ2n) is 4.22. The van der Waals surface area contributed by atoms with Crippen LogP contribution in [-0.4, -0.2) is 24.9 Å². The molecule has 1 aromatic heterocycles. The number of benzene rings is 1. The van der Waals surface area contributed by atoms with Gasteiger partial charge in [-0.1, -0.05) is 29.3 Å². The van der Waals surface area contributed by atoms with Crippen molar-refractivity contribution >= 4 is 33.2 Å². The Hall–Kier alpha value is -1.08. The summed E-state index contributed by atoms with van der Waals surface area (Å²) in [5.41, 5.74) is 0.833. The van der Waals surface area contributed by atoms with Gasteiger partial charge < -0.3 is 4.98 Å². The van der Waals surface area contributed by atoms with E-state index in [1.807, 2.05) is 0 Å². The lowest BCUT2D eigenvalue weighted by molar-refractivity contribution is 0.578. The van der Waals surface area contributed by atoms with E-state index in [2.05, 4.69) is 14.7 Å². The summed E-state index contributed by atoms with van der Waals surface area (Å²) in [5, 5.41) is 1.12. The molecular weight excluding hydrogens is 321 g/mol. The van der Waals surface area contributed by atoms with Crippen LogP contribution in [0.2, 0.25) is 10.0 Å². The van der Waals surface area contributed by atoms with E-state index in [9.17, 15) is 8.42 Å². The smallest absolute Gasteiger partial charge is 0.257 e. The first kappa shape index (κ1) is 15.3. The summed E-state index contributed by atoms with van der Waals surface area (Å²) < 4.78 is 26.4. The van der Waals surface area contributed by atoms with Gasteiger partial charge >= 0.3 is 0 Å². The monoisotopic (exact) mass is 333 g/mol. The molecule has 8 heteroatoms. The van der Waals surface area contributed by atoms with Crippen molar-refractivity contribution in [3.63, 3.8) is 0 Å². The average Bonchev–Trinajstić information content (AvgIpc) is 2.79. The third kappa shape index (κ3) is 3.73. The third-order valence-electron chi connectivity index (χ3n) is 2.67. The van der Waals surface area contributed by atoms with E-state index in [0.717, 1.165) is 5.56 Å². The highest BCUT2D eigenvalue weighted by Crippen LogP contribution is 2.21. The number of nitrogens with zero attached hydrogens (tertiary/aromatic N) is 1. The van der Waals surface area contributed by atoms with Gasteiger partial charge in [0.05, 0.1) is 6.20 Å². The van der Waals surface area contributed by atoms with Gasteiger partial charge in [-0.05, 0) is 31.0 Å². The van der Waals surface area contributed by atoms with Gasteiger partial charge in [0, 0.05) is 16.6 Å². The minimum Gasteiger partial charge on any atom is -0.332 e. The first-order valence-corrected chi connectivity index (χ1v) is 8.07. The van der Waals surface area contributed by atoms with Gasteiger partial charge in [-0.15, -0.1) is 0 Å². The summed E-state index contributed by atoms with van der Waals surface area (Å²) in [6, 6.07) is 5.13. The summed E-state index contributed by atoms with van der Waals surface area (Å²) in [5.74, 6) is 0.547. The molecule has 0 amide bonds. The molecule has 2 N–H and O–H groups in total. The Balaban J connectivity index is 1.99. The van der Waals surface area contributed by atoms with Crippen LogP contribution in [0.15, 0.2) is 29.4 Å². The summed E-state index contributed by atoms with van der Waals surface area (Å²) >= 11 is 11.8. The largest absolute Gasteiger partial charge is 0.332 e. The fourth-order valence-corrected chi connectivity index (χ4v) is 3.16. The van der Waals surface area contributed by atoms with E-state index in [4.69, 9.17) is 23.2 Å². The standard InChI is InChI=1S/C12H13Cl2N3O2S/c1-8-15-7-12(17-8)20(18,19)16-5-4-9-2-3-10(13)6-11(9)14/h2-3,6-7,16H,4-5H2,1H3,(H,15,17). The maximum absolute atomic E-state index is 11.9. The van der Waals surface area contributed by atoms with Crippen molar-refractivity contribution in [2.75, 3.05) is 6.54 Å². The summed E-state index contributed by atoms with van der Waals surface area (Å²) in [7, 11) is -3.57. The molecule has 2 aromatic rings. The molecule has 2 rings (SSSR count). The number of H-pyrrole nitrogens is 1. The molecule has 1 aromatic carbocycles. The SMILES string of the molecule is Cc1ncc(S(=O)(=O)NCCc2ccc(Cl)cc2Cl)[nH]1. The molecule has 0 unspecified atom stereocenters. The summed E-state index contributed by atoms with van der Waals surface area (Å²) in [6.07, 6.45) is 1.76. The van der Waals surface area contributed by atoms with Crippen molar-refractivity contribution in [2.45, 2.75) is 18.4 Å². The van der Waals surface area contributed by atoms with E-state index >= 15 is 0 Å². The number of rotatable bonds is 5. The Morgan fingerprint density at radius 1 is 1.35 bits per heavy atom. The Morgan fingerprint density at radius 3 is 2.70 bits per heavy atom. The van der Waals surface area contributed by atoms with Gasteiger partial charge in [0.15, 0.2) is 5.03 Å². The van der Waals surface area contributed by atoms with Crippen molar-refractivity contribution in [3.8, 4) is 0 Å². The number of sulfonamides is 1. The number of hydrogen-bond donors (Lipinski definition) is 2. The van der Waals surface area contributed by atoms with Gasteiger partial charge in [-0.25, -0.2) is 18.1 Å². The molecule has 0 atom stereocenters. The number of aromatic amines is 1. The number of halogens is 2. The van der Waals surface area contributed by atoms with Crippen LogP contribution in [0.3, 0.4) is 0 Å². The number of imidazole rings is 1. The normalized spacial score (nSPS) is 11.8. The molecule has 1 heterocycles. The van der Waals surface area contributed by atoms with Crippen LogP contribution >= 0.6 is 23.2 Å². The van der Waals surface area contributed by atoms with Crippen LogP contribution in [0, 0.1) is 6.92 Å². The predicted molar refractivity (Wildman–Crippen MR) is 78.7 cm³/mol. The van der Waals surface area contributed by atoms with Gasteiger partial charge in [-0.2, -0.15) is 0 Å². The lowest BCUT2D eigenvalue weighted by atomic mass is 10.1. The molecule has 0 bridgehead atoms. The molecule has 0 aliphatic rings. The van der Waals surface area contributed by atoms with E-state index in [1.165, 1.54) is 6.20 Å². The second kappa shape index (κ2) is 6.13. The molecule has 20 heavy (non-hydrogen) atoms. The van der Waals surface area contributed by atoms with E-state index < -0.39 is 10.0 Å². The van der Waals surface area contributed by atoms with Crippen molar-refractivity contribution in [3.05, 3.63) is 45.8 Å². The second-order valence-corrected chi connectivity index (χ2v) is 6.80. The third-order valence-corrected chi connectivity index (χ3v) is 4.63. The van der Waals surface area contributed by atoms with Gasteiger partial charge in [-0.3, -0.25) is 0 Å². The van der Waals surface area contributed by atoms with E-state index in [0.29, 0.717) is 22.3 Å². The molecule has 0 spiro atoms. The highest BCUT2D eigenvalue weighted by Gasteiger charge is 2.15. The topological polar surface area (TPSA) is 74.8 Å². The predicted octanol–water partition coefficient (Wildman–Crippen LogP) is 2.55. The zero-order valence-electron chi connectivity index (χ0n) is 10.7. The fourth-order valence-electron chi connectivity index (χ4n) is 1.66. The molecule has 0 aliphatic heterocycles. The first-order chi connectivity index (χ1) is 9.38. The molecule has 0 saturated carbocycles. The van der Waals surface area contributed by atoms with Gasteiger partial charge in [0.2, 0.25) is 0 Å². The average molecular weight is 334 g/mol. The fraction of sp³-hybridized carbons (Fsp3) is 0.250. The zero-order valence-corrected chi connectivity index (χ0v) is 13.0. The lowest BCUT2D eigenvalue weighted by Gasteiger charge is -2.06.